The Balaban J connectivity index is 1.81. The molecule has 2 atom stereocenters. The van der Waals surface area contributed by atoms with E-state index in [1.54, 1.807) is 0 Å². The summed E-state index contributed by atoms with van der Waals surface area (Å²) in [5, 5.41) is 11.9. The molecule has 36 heavy (non-hydrogen) atoms. The maximum absolute atomic E-state index is 13.9. The van der Waals surface area contributed by atoms with Gasteiger partial charge in [-0.15, -0.1) is 0 Å². The quantitative estimate of drug-likeness (QED) is 0.429. The average molecular weight is 505 g/mol. The highest BCUT2D eigenvalue weighted by atomic mass is 32.2. The Morgan fingerprint density at radius 2 is 1.56 bits per heavy atom. The fourth-order valence-electron chi connectivity index (χ4n) is 5.19. The minimum atomic E-state index is -0.227. The molecule has 192 valence electrons. The summed E-state index contributed by atoms with van der Waals surface area (Å²) in [5.41, 5.74) is 3.14. The van der Waals surface area contributed by atoms with Gasteiger partial charge in [-0.2, -0.15) is 0 Å². The van der Waals surface area contributed by atoms with E-state index in [1.807, 2.05) is 53.4 Å². The van der Waals surface area contributed by atoms with Crippen LogP contribution in [0.3, 0.4) is 0 Å². The number of hydrogen-bond acceptors (Lipinski definition) is 4. The summed E-state index contributed by atoms with van der Waals surface area (Å²) in [7, 11) is 0. The van der Waals surface area contributed by atoms with Gasteiger partial charge in [0.1, 0.15) is 5.75 Å². The largest absolute Gasteiger partial charge is 0.507 e. The molecule has 1 N–H and O–H groups in total. The van der Waals surface area contributed by atoms with E-state index in [9.17, 15) is 9.90 Å². The van der Waals surface area contributed by atoms with Gasteiger partial charge in [0, 0.05) is 17.2 Å². The van der Waals surface area contributed by atoms with Gasteiger partial charge < -0.3 is 5.11 Å². The van der Waals surface area contributed by atoms with Gasteiger partial charge in [0.25, 0.3) is 5.91 Å². The molecule has 0 bridgehead atoms. The van der Waals surface area contributed by atoms with Crippen molar-refractivity contribution in [2.75, 3.05) is 0 Å². The van der Waals surface area contributed by atoms with Gasteiger partial charge in [-0.1, -0.05) is 79.5 Å². The van der Waals surface area contributed by atoms with Crippen molar-refractivity contribution in [2.24, 2.45) is 10.9 Å². The van der Waals surface area contributed by atoms with Crippen LogP contribution in [-0.2, 0) is 15.6 Å². The first kappa shape index (κ1) is 26.5. The summed E-state index contributed by atoms with van der Waals surface area (Å²) in [6.45, 7) is 14.9. The average Bonchev–Trinajstić information content (AvgIpc) is 3.08. The fourth-order valence-corrected chi connectivity index (χ4v) is 6.23. The van der Waals surface area contributed by atoms with Gasteiger partial charge >= 0.3 is 0 Å². The van der Waals surface area contributed by atoms with Crippen molar-refractivity contribution in [3.05, 3.63) is 64.1 Å². The van der Waals surface area contributed by atoms with Gasteiger partial charge in [0.05, 0.1) is 10.6 Å². The molecule has 1 saturated heterocycles. The van der Waals surface area contributed by atoms with Gasteiger partial charge in [0.2, 0.25) is 0 Å². The summed E-state index contributed by atoms with van der Waals surface area (Å²) in [6, 6.07) is 14.1. The van der Waals surface area contributed by atoms with Gasteiger partial charge in [-0.05, 0) is 77.3 Å². The lowest BCUT2D eigenvalue weighted by molar-refractivity contribution is -0.124. The normalized spacial score (nSPS) is 23.6. The second-order valence-corrected chi connectivity index (χ2v) is 13.3. The highest BCUT2D eigenvalue weighted by Crippen LogP contribution is 2.43. The van der Waals surface area contributed by atoms with E-state index in [-0.39, 0.29) is 22.8 Å². The number of thioether (sulfide) groups is 1. The first-order chi connectivity index (χ1) is 16.9. The number of benzene rings is 2. The van der Waals surface area contributed by atoms with E-state index in [2.05, 4.69) is 48.5 Å². The molecule has 0 aromatic heterocycles. The SMILES string of the molecule is C[C@H]1CCCC[C@@H]1N1C(=O)/C(=C/c2cc(C(C)(C)C)c(O)c(C(C)(C)C)c2)SC1=Nc1ccccc1. The predicted octanol–water partition coefficient (Wildman–Crippen LogP) is 8.17. The number of nitrogens with zero attached hydrogens (tertiary/aromatic N) is 2. The van der Waals surface area contributed by atoms with Crippen molar-refractivity contribution < 1.29 is 9.90 Å². The highest BCUT2D eigenvalue weighted by Gasteiger charge is 2.41. The van der Waals surface area contributed by atoms with Crippen molar-refractivity contribution in [1.82, 2.24) is 4.90 Å². The number of amidine groups is 1. The smallest absolute Gasteiger partial charge is 0.267 e. The first-order valence-electron chi connectivity index (χ1n) is 13.1. The lowest BCUT2D eigenvalue weighted by atomic mass is 9.78. The van der Waals surface area contributed by atoms with Crippen LogP contribution in [-0.4, -0.2) is 27.1 Å². The van der Waals surface area contributed by atoms with Crippen LogP contribution in [0.1, 0.15) is 90.8 Å². The number of phenols is 1. The molecule has 1 heterocycles. The molecular formula is C31H40N2O2S. The van der Waals surface area contributed by atoms with E-state index >= 15 is 0 Å². The minimum absolute atomic E-state index is 0.0381. The summed E-state index contributed by atoms with van der Waals surface area (Å²) in [5.74, 6) is 0.833. The van der Waals surface area contributed by atoms with Crippen LogP contribution in [0.15, 0.2) is 52.4 Å². The topological polar surface area (TPSA) is 52.9 Å². The Kier molecular flexibility index (Phi) is 7.43. The van der Waals surface area contributed by atoms with Gasteiger partial charge in [-0.25, -0.2) is 4.99 Å². The summed E-state index contributed by atoms with van der Waals surface area (Å²) in [4.78, 5) is 21.5. The van der Waals surface area contributed by atoms with Crippen LogP contribution < -0.4 is 0 Å². The first-order valence-corrected chi connectivity index (χ1v) is 13.9. The van der Waals surface area contributed by atoms with Crippen molar-refractivity contribution >= 4 is 34.6 Å². The molecule has 2 fully saturated rings. The molecule has 1 saturated carbocycles. The molecule has 1 aliphatic carbocycles. The van der Waals surface area contributed by atoms with Crippen LogP contribution in [0.25, 0.3) is 6.08 Å². The van der Waals surface area contributed by atoms with E-state index in [1.165, 1.54) is 18.2 Å². The molecule has 1 aliphatic heterocycles. The zero-order valence-electron chi connectivity index (χ0n) is 22.8. The van der Waals surface area contributed by atoms with Gasteiger partial charge in [0.15, 0.2) is 5.17 Å². The Hall–Kier alpha value is -2.53. The minimum Gasteiger partial charge on any atom is -0.507 e. The molecule has 2 aliphatic rings. The Morgan fingerprint density at radius 1 is 0.972 bits per heavy atom. The maximum atomic E-state index is 13.9. The third kappa shape index (κ3) is 5.56. The van der Waals surface area contributed by atoms with E-state index in [4.69, 9.17) is 4.99 Å². The summed E-state index contributed by atoms with van der Waals surface area (Å²) in [6.07, 6.45) is 6.50. The number of para-hydroxylation sites is 1. The highest BCUT2D eigenvalue weighted by molar-refractivity contribution is 8.18. The molecule has 0 spiro atoms. The summed E-state index contributed by atoms with van der Waals surface area (Å²) >= 11 is 1.47. The van der Waals surface area contributed by atoms with E-state index in [0.29, 0.717) is 16.6 Å². The fraction of sp³-hybridized carbons (Fsp3) is 0.484. The molecule has 4 nitrogen and oxygen atoms in total. The third-order valence-electron chi connectivity index (χ3n) is 7.26. The molecule has 5 heteroatoms. The molecule has 4 rings (SSSR count). The van der Waals surface area contributed by atoms with Crippen molar-refractivity contribution in [3.8, 4) is 5.75 Å². The van der Waals surface area contributed by atoms with Crippen LogP contribution in [0.2, 0.25) is 0 Å². The lowest BCUT2D eigenvalue weighted by Gasteiger charge is -2.35. The number of carbonyl (C=O) groups is 1. The third-order valence-corrected chi connectivity index (χ3v) is 8.24. The Labute approximate surface area is 220 Å². The molecule has 0 unspecified atom stereocenters. The lowest BCUT2D eigenvalue weighted by Crippen LogP contribution is -2.44. The van der Waals surface area contributed by atoms with Crippen LogP contribution >= 0.6 is 11.8 Å². The van der Waals surface area contributed by atoms with Crippen LogP contribution in [0.4, 0.5) is 5.69 Å². The number of carbonyl (C=O) groups excluding carboxylic acids is 1. The molecule has 0 radical (unpaired) electrons. The second-order valence-electron chi connectivity index (χ2n) is 12.3. The van der Waals surface area contributed by atoms with Crippen LogP contribution in [0.5, 0.6) is 5.75 Å². The Morgan fingerprint density at radius 3 is 2.11 bits per heavy atom. The number of phenolic OH excluding ortho intramolecular Hbond substituents is 1. The van der Waals surface area contributed by atoms with Gasteiger partial charge in [-0.3, -0.25) is 9.69 Å². The van der Waals surface area contributed by atoms with Crippen molar-refractivity contribution in [1.29, 1.82) is 0 Å². The molecule has 2 aromatic rings. The number of aromatic hydroxyl groups is 1. The van der Waals surface area contributed by atoms with E-state index in [0.717, 1.165) is 46.8 Å². The predicted molar refractivity (Wildman–Crippen MR) is 153 cm³/mol. The molecular weight excluding hydrogens is 464 g/mol. The molecule has 2 aromatic carbocycles. The zero-order chi connectivity index (χ0) is 26.3. The second kappa shape index (κ2) is 10.1. The maximum Gasteiger partial charge on any atom is 0.267 e. The number of hydrogen-bond donors (Lipinski definition) is 1. The van der Waals surface area contributed by atoms with Crippen molar-refractivity contribution in [2.45, 2.75) is 91.0 Å². The Bertz CT molecular complexity index is 1150. The monoisotopic (exact) mass is 504 g/mol. The zero-order valence-corrected chi connectivity index (χ0v) is 23.6. The van der Waals surface area contributed by atoms with E-state index < -0.39 is 0 Å². The van der Waals surface area contributed by atoms with Crippen LogP contribution in [0, 0.1) is 5.92 Å². The standard InChI is InChI=1S/C31H40N2O2S/c1-20-13-11-12-16-25(20)33-28(35)26(36-29(33)32-22-14-9-8-10-15-22)19-21-17-23(30(2,3)4)27(34)24(18-21)31(5,6)7/h8-10,14-15,17-20,25,34H,11-13,16H2,1-7H3/b26-19-,32-29?/t20-,25-/m0/s1. The number of rotatable bonds is 3. The summed E-state index contributed by atoms with van der Waals surface area (Å²) < 4.78 is 0. The number of aliphatic imine (C=N–C) groups is 1. The number of amides is 1. The van der Waals surface area contributed by atoms with Crippen molar-refractivity contribution in [3.63, 3.8) is 0 Å². The molecule has 1 amide bonds.